The van der Waals surface area contributed by atoms with Crippen molar-refractivity contribution in [3.05, 3.63) is 124 Å². The second-order valence-electron chi connectivity index (χ2n) is 9.64. The third-order valence-electron chi connectivity index (χ3n) is 6.64. The Balaban J connectivity index is 1.42. The lowest BCUT2D eigenvalue weighted by Gasteiger charge is -2.23. The van der Waals surface area contributed by atoms with E-state index in [0.29, 0.717) is 28.1 Å². The minimum atomic E-state index is -3.83. The zero-order chi connectivity index (χ0) is 30.0. The van der Waals surface area contributed by atoms with Gasteiger partial charge in [0.2, 0.25) is 21.9 Å². The summed E-state index contributed by atoms with van der Waals surface area (Å²) in [5, 5.41) is 19.6. The smallest absolute Gasteiger partial charge is 0.253 e. The molecule has 216 valence electrons. The summed E-state index contributed by atoms with van der Waals surface area (Å²) in [6.07, 6.45) is 0.578. The van der Waals surface area contributed by atoms with E-state index in [1.807, 2.05) is 78.9 Å². The molecule has 0 bridgehead atoms. The molecule has 4 aromatic carbocycles. The molecule has 0 radical (unpaired) electrons. The molecule has 1 atom stereocenters. The number of primary sulfonamides is 1. The summed E-state index contributed by atoms with van der Waals surface area (Å²) < 4.78 is 23.4. The molecule has 6 rings (SSSR count). The van der Waals surface area contributed by atoms with Crippen LogP contribution in [0.5, 0.6) is 0 Å². The van der Waals surface area contributed by atoms with Crippen LogP contribution in [0.1, 0.15) is 23.6 Å². The first-order valence-corrected chi connectivity index (χ1v) is 15.4. The van der Waals surface area contributed by atoms with Gasteiger partial charge >= 0.3 is 0 Å². The zero-order valence-electron chi connectivity index (χ0n) is 22.4. The highest BCUT2D eigenvalue weighted by atomic mass is 35.5. The molecular weight excluding hydrogens is 607 g/mol. The molecule has 2 heterocycles. The number of halogens is 2. The summed E-state index contributed by atoms with van der Waals surface area (Å²) in [5.41, 5.74) is 4.07. The number of nitrogens with two attached hydrogens (primary N) is 1. The van der Waals surface area contributed by atoms with E-state index >= 15 is 0 Å². The van der Waals surface area contributed by atoms with E-state index in [9.17, 15) is 8.42 Å². The molecule has 1 aromatic heterocycles. The van der Waals surface area contributed by atoms with Gasteiger partial charge in [-0.15, -0.1) is 0 Å². The summed E-state index contributed by atoms with van der Waals surface area (Å²) in [6.45, 7) is 0. The second kappa shape index (κ2) is 12.0. The minimum absolute atomic E-state index is 0.00671. The normalized spacial score (nSPS) is 14.8. The number of para-hydroxylation sites is 1. The molecule has 5 aromatic rings. The Morgan fingerprint density at radius 3 is 1.86 bits per heavy atom. The van der Waals surface area contributed by atoms with Gasteiger partial charge in [-0.05, 0) is 71.8 Å². The summed E-state index contributed by atoms with van der Waals surface area (Å²) in [4.78, 5) is 14.0. The molecule has 0 fully saturated rings. The van der Waals surface area contributed by atoms with Gasteiger partial charge in [0.25, 0.3) is 5.95 Å². The largest absolute Gasteiger partial charge is 0.324 e. The Kier molecular flexibility index (Phi) is 7.96. The number of nitrogens with one attached hydrogen (secondary N) is 2. The van der Waals surface area contributed by atoms with Crippen LogP contribution in [0.25, 0.3) is 0 Å². The van der Waals surface area contributed by atoms with Crippen molar-refractivity contribution in [3.63, 3.8) is 0 Å². The fourth-order valence-electron chi connectivity index (χ4n) is 4.54. The Hall–Kier alpha value is -4.55. The lowest BCUT2D eigenvalue weighted by atomic mass is 9.98. The van der Waals surface area contributed by atoms with E-state index in [0.717, 1.165) is 22.5 Å². The maximum atomic E-state index is 11.7. The molecule has 1 aliphatic heterocycles. The van der Waals surface area contributed by atoms with Crippen molar-refractivity contribution in [2.75, 3.05) is 15.6 Å². The van der Waals surface area contributed by atoms with Crippen LogP contribution >= 0.6 is 23.2 Å². The first-order chi connectivity index (χ1) is 20.7. The van der Waals surface area contributed by atoms with Crippen molar-refractivity contribution in [1.82, 2.24) is 15.0 Å². The SMILES string of the molecule is NS(=O)(=O)c1ccc(Nc2nc(Nc3ccccc3)nc(N3N=C(c4ccc(Cl)cc4)CC3c3ccc(Cl)cc3)n2)cc1. The van der Waals surface area contributed by atoms with Crippen LogP contribution in [0.2, 0.25) is 10.0 Å². The van der Waals surface area contributed by atoms with Gasteiger partial charge in [0, 0.05) is 27.8 Å². The lowest BCUT2D eigenvalue weighted by molar-refractivity contribution is 0.598. The Labute approximate surface area is 258 Å². The van der Waals surface area contributed by atoms with E-state index in [2.05, 4.69) is 15.6 Å². The highest BCUT2D eigenvalue weighted by Gasteiger charge is 2.32. The number of hydrazone groups is 1. The number of rotatable bonds is 8. The predicted molar refractivity (Wildman–Crippen MR) is 170 cm³/mol. The number of aromatic nitrogens is 3. The highest BCUT2D eigenvalue weighted by molar-refractivity contribution is 7.89. The maximum absolute atomic E-state index is 11.7. The van der Waals surface area contributed by atoms with E-state index in [-0.39, 0.29) is 22.8 Å². The van der Waals surface area contributed by atoms with Crippen LogP contribution in [-0.4, -0.2) is 29.1 Å². The van der Waals surface area contributed by atoms with Gasteiger partial charge in [-0.25, -0.2) is 18.6 Å². The summed E-state index contributed by atoms with van der Waals surface area (Å²) in [6, 6.07) is 30.3. The van der Waals surface area contributed by atoms with Crippen LogP contribution in [-0.2, 0) is 10.0 Å². The first kappa shape index (κ1) is 28.6. The van der Waals surface area contributed by atoms with Crippen molar-refractivity contribution in [2.24, 2.45) is 10.2 Å². The summed E-state index contributed by atoms with van der Waals surface area (Å²) in [5.74, 6) is 0.794. The molecule has 0 amide bonds. The van der Waals surface area contributed by atoms with E-state index in [4.69, 9.17) is 43.4 Å². The van der Waals surface area contributed by atoms with Crippen molar-refractivity contribution < 1.29 is 8.42 Å². The number of sulfonamides is 1. The van der Waals surface area contributed by atoms with Crippen LogP contribution in [0.3, 0.4) is 0 Å². The van der Waals surface area contributed by atoms with Crippen molar-refractivity contribution in [3.8, 4) is 0 Å². The third-order valence-corrected chi connectivity index (χ3v) is 8.07. The molecule has 1 unspecified atom stereocenters. The molecule has 0 saturated carbocycles. The molecule has 4 N–H and O–H groups in total. The van der Waals surface area contributed by atoms with Crippen molar-refractivity contribution in [1.29, 1.82) is 0 Å². The summed E-state index contributed by atoms with van der Waals surface area (Å²) >= 11 is 12.3. The maximum Gasteiger partial charge on any atom is 0.253 e. The molecular formula is C30H24Cl2N8O2S. The number of hydrogen-bond donors (Lipinski definition) is 3. The van der Waals surface area contributed by atoms with Crippen molar-refractivity contribution >= 4 is 68.2 Å². The third kappa shape index (κ3) is 6.76. The van der Waals surface area contributed by atoms with Gasteiger partial charge in [0.15, 0.2) is 0 Å². The lowest BCUT2D eigenvalue weighted by Crippen LogP contribution is -2.22. The van der Waals surface area contributed by atoms with Crippen LogP contribution in [0, 0.1) is 0 Å². The monoisotopic (exact) mass is 630 g/mol. The van der Waals surface area contributed by atoms with Gasteiger partial charge in [0.1, 0.15) is 0 Å². The second-order valence-corrected chi connectivity index (χ2v) is 12.1. The van der Waals surface area contributed by atoms with Crippen LogP contribution in [0.15, 0.2) is 113 Å². The van der Waals surface area contributed by atoms with E-state index in [1.165, 1.54) is 12.1 Å². The standard InChI is InChI=1S/C30H24Cl2N8O2S/c31-21-10-6-19(7-11-21)26-18-27(20-8-12-22(32)13-9-20)40(39-26)30-37-28(34-23-4-2-1-3-5-23)36-29(38-30)35-24-14-16-25(17-15-24)43(33,41)42/h1-17,27H,18H2,(H2,33,41,42)(H2,34,35,36,37,38). The van der Waals surface area contributed by atoms with Crippen molar-refractivity contribution in [2.45, 2.75) is 17.4 Å². The molecule has 43 heavy (non-hydrogen) atoms. The average molecular weight is 632 g/mol. The number of nitrogens with zero attached hydrogens (tertiary/aromatic N) is 5. The van der Waals surface area contributed by atoms with Crippen LogP contribution < -0.4 is 20.8 Å². The van der Waals surface area contributed by atoms with Gasteiger partial charge in [-0.1, -0.05) is 65.7 Å². The topological polar surface area (TPSA) is 138 Å². The fraction of sp³-hybridized carbons (Fsp3) is 0.0667. The van der Waals surface area contributed by atoms with Gasteiger partial charge in [0.05, 0.1) is 16.6 Å². The van der Waals surface area contributed by atoms with Gasteiger partial charge in [-0.3, -0.25) is 0 Å². The highest BCUT2D eigenvalue weighted by Crippen LogP contribution is 2.36. The molecule has 10 nitrogen and oxygen atoms in total. The van der Waals surface area contributed by atoms with E-state index in [1.54, 1.807) is 17.1 Å². The van der Waals surface area contributed by atoms with E-state index < -0.39 is 10.0 Å². The molecule has 0 aliphatic carbocycles. The Morgan fingerprint density at radius 2 is 1.28 bits per heavy atom. The number of benzene rings is 4. The molecule has 0 saturated heterocycles. The molecule has 0 spiro atoms. The molecule has 13 heteroatoms. The first-order valence-electron chi connectivity index (χ1n) is 13.1. The molecule has 1 aliphatic rings. The average Bonchev–Trinajstić information content (AvgIpc) is 3.44. The number of anilines is 5. The Morgan fingerprint density at radius 1 is 0.721 bits per heavy atom. The number of hydrogen-bond acceptors (Lipinski definition) is 9. The van der Waals surface area contributed by atoms with Gasteiger partial charge < -0.3 is 10.6 Å². The zero-order valence-corrected chi connectivity index (χ0v) is 24.7. The Bertz CT molecular complexity index is 1890. The van der Waals surface area contributed by atoms with Gasteiger partial charge in [-0.2, -0.15) is 20.1 Å². The quantitative estimate of drug-likeness (QED) is 0.173. The fourth-order valence-corrected chi connectivity index (χ4v) is 5.31. The summed E-state index contributed by atoms with van der Waals surface area (Å²) in [7, 11) is -3.83. The predicted octanol–water partition coefficient (Wildman–Crippen LogP) is 6.67. The minimum Gasteiger partial charge on any atom is -0.324 e. The van der Waals surface area contributed by atoms with Crippen LogP contribution in [0.4, 0.5) is 29.2 Å².